The number of aliphatic carboxylic acids is 1. The lowest BCUT2D eigenvalue weighted by molar-refractivity contribution is -0.870. The average molecular weight is 911 g/mol. The van der Waals surface area contributed by atoms with Crippen LogP contribution in [0.5, 0.6) is 0 Å². The molecule has 0 aromatic carbocycles. The molecule has 1 N–H and O–H groups in total. The molecule has 0 aromatic heterocycles. The number of nitrogens with zero attached hydrogens (tertiary/aromatic N) is 1. The average Bonchev–Trinajstić information content (AvgIpc) is 3.27. The second-order valence-corrected chi connectivity index (χ2v) is 18.1. The van der Waals surface area contributed by atoms with Gasteiger partial charge >= 0.3 is 17.9 Å². The fourth-order valence-corrected chi connectivity index (χ4v) is 6.70. The van der Waals surface area contributed by atoms with Gasteiger partial charge in [-0.25, -0.2) is 4.79 Å². The molecule has 2 atom stereocenters. The first-order valence-corrected chi connectivity index (χ1v) is 25.8. The Morgan fingerprint density at radius 3 is 1.31 bits per heavy atom. The maximum atomic E-state index is 12.8. The number of carbonyl (C=O) groups excluding carboxylic acids is 2. The van der Waals surface area contributed by atoms with Gasteiger partial charge in [-0.05, 0) is 70.6 Å². The van der Waals surface area contributed by atoms with Gasteiger partial charge in [-0.1, -0.05) is 195 Å². The van der Waals surface area contributed by atoms with Crippen LogP contribution in [0.1, 0.15) is 194 Å². The quantitative estimate of drug-likeness (QED) is 0.0211. The molecule has 0 aliphatic heterocycles. The molecule has 0 heterocycles. The minimum Gasteiger partial charge on any atom is -0.477 e. The van der Waals surface area contributed by atoms with Crippen molar-refractivity contribution in [3.8, 4) is 0 Å². The van der Waals surface area contributed by atoms with Gasteiger partial charge in [0.25, 0.3) is 6.29 Å². The number of hydrogen-bond donors (Lipinski definition) is 1. The van der Waals surface area contributed by atoms with Crippen molar-refractivity contribution in [2.24, 2.45) is 0 Å². The first-order valence-electron chi connectivity index (χ1n) is 25.8. The number of unbranched alkanes of at least 4 members (excludes halogenated alkanes) is 17. The highest BCUT2D eigenvalue weighted by Crippen LogP contribution is 2.14. The lowest BCUT2D eigenvalue weighted by Crippen LogP contribution is -2.40. The summed E-state index contributed by atoms with van der Waals surface area (Å²) in [5.74, 6) is -2.03. The largest absolute Gasteiger partial charge is 0.477 e. The zero-order valence-corrected chi connectivity index (χ0v) is 42.1. The molecule has 0 rings (SSSR count). The van der Waals surface area contributed by atoms with Crippen molar-refractivity contribution in [2.45, 2.75) is 206 Å². The van der Waals surface area contributed by atoms with Crippen LogP contribution in [0.4, 0.5) is 0 Å². The van der Waals surface area contributed by atoms with Gasteiger partial charge < -0.3 is 28.5 Å². The van der Waals surface area contributed by atoms with Crippen LogP contribution in [-0.4, -0.2) is 87.4 Å². The first-order chi connectivity index (χ1) is 31.6. The zero-order chi connectivity index (χ0) is 47.7. The molecule has 0 aliphatic carbocycles. The van der Waals surface area contributed by atoms with Crippen LogP contribution in [0, 0.1) is 0 Å². The van der Waals surface area contributed by atoms with E-state index < -0.39 is 24.3 Å². The van der Waals surface area contributed by atoms with E-state index in [1.54, 1.807) is 0 Å². The van der Waals surface area contributed by atoms with Crippen LogP contribution in [0.15, 0.2) is 85.1 Å². The summed E-state index contributed by atoms with van der Waals surface area (Å²) in [6, 6.07) is 0. The molecule has 9 heteroatoms. The Hall–Kier alpha value is -3.53. The van der Waals surface area contributed by atoms with E-state index in [1.165, 1.54) is 70.6 Å². The first kappa shape index (κ1) is 61.5. The van der Waals surface area contributed by atoms with Gasteiger partial charge in [0.05, 0.1) is 34.4 Å². The maximum absolute atomic E-state index is 12.8. The van der Waals surface area contributed by atoms with Crippen LogP contribution < -0.4 is 0 Å². The number of esters is 2. The molecular weight excluding hydrogens is 815 g/mol. The Bertz CT molecular complexity index is 1340. The molecule has 2 unspecified atom stereocenters. The summed E-state index contributed by atoms with van der Waals surface area (Å²) in [5.41, 5.74) is 0. The second-order valence-electron chi connectivity index (χ2n) is 18.1. The van der Waals surface area contributed by atoms with Crippen molar-refractivity contribution in [1.29, 1.82) is 0 Å². The zero-order valence-electron chi connectivity index (χ0n) is 42.1. The minimum absolute atomic E-state index is 0.182. The number of hydrogen-bond acceptors (Lipinski definition) is 7. The number of carboxylic acids is 1. The Kier molecular flexibility index (Phi) is 44.4. The number of quaternary nitrogens is 1. The van der Waals surface area contributed by atoms with Crippen LogP contribution >= 0.6 is 0 Å². The number of ether oxygens (including phenoxy) is 4. The molecule has 372 valence electrons. The number of carbonyl (C=O) groups is 3. The summed E-state index contributed by atoms with van der Waals surface area (Å²) < 4.78 is 22.8. The van der Waals surface area contributed by atoms with E-state index in [2.05, 4.69) is 98.9 Å². The molecule has 0 aliphatic rings. The third-order valence-electron chi connectivity index (χ3n) is 10.7. The van der Waals surface area contributed by atoms with Crippen molar-refractivity contribution in [3.05, 3.63) is 85.1 Å². The maximum Gasteiger partial charge on any atom is 0.361 e. The van der Waals surface area contributed by atoms with E-state index in [-0.39, 0.29) is 32.2 Å². The normalized spacial score (nSPS) is 13.6. The molecule has 0 aromatic rings. The van der Waals surface area contributed by atoms with Crippen molar-refractivity contribution in [3.63, 3.8) is 0 Å². The summed E-state index contributed by atoms with van der Waals surface area (Å²) in [6.07, 6.45) is 57.9. The topological polar surface area (TPSA) is 108 Å². The van der Waals surface area contributed by atoms with E-state index in [4.69, 9.17) is 18.9 Å². The van der Waals surface area contributed by atoms with E-state index in [0.717, 1.165) is 89.9 Å². The lowest BCUT2D eigenvalue weighted by atomic mass is 10.1. The number of allylic oxidation sites excluding steroid dienone is 14. The molecule has 0 spiro atoms. The van der Waals surface area contributed by atoms with Crippen LogP contribution in [-0.2, 0) is 33.3 Å². The van der Waals surface area contributed by atoms with Gasteiger partial charge in [0.1, 0.15) is 13.2 Å². The lowest BCUT2D eigenvalue weighted by Gasteiger charge is -2.25. The summed E-state index contributed by atoms with van der Waals surface area (Å²) in [5, 5.41) is 9.65. The minimum atomic E-state index is -1.51. The van der Waals surface area contributed by atoms with E-state index >= 15 is 0 Å². The molecule has 0 amide bonds. The van der Waals surface area contributed by atoms with Gasteiger partial charge in [-0.15, -0.1) is 0 Å². The fraction of sp³-hybridized carbons (Fsp3) is 0.696. The SMILES string of the molecule is CC/C=C\C/C=C\C/C=C\C/C=C\C/C=C\C/C=C\C/C=C\CCCCCCCCCC(=O)OC(COC(=O)CCCCCCCCCCCCC)COC(OCC[N+](C)(C)C)C(=O)O. The smallest absolute Gasteiger partial charge is 0.361 e. The van der Waals surface area contributed by atoms with Crippen molar-refractivity contribution in [2.75, 3.05) is 47.5 Å². The molecule has 65 heavy (non-hydrogen) atoms. The standard InChI is InChI=1S/C56H95NO8/c1-6-8-10-12-14-16-18-19-20-21-22-23-24-25-26-27-28-29-30-31-32-33-34-35-37-39-41-43-45-47-54(59)65-52(51-64-56(55(60)61)62-49-48-57(3,4)5)50-63-53(58)46-44-42-40-38-36-17-15-13-11-9-7-2/h8,10,14,16,19-20,22-23,25-26,28-29,31-32,52,56H,6-7,9,11-13,15,17-18,21,24,27,30,33-51H2,1-5H3/p+1/b10-8-,16-14-,20-19-,23-22-,26-25-,29-28-,32-31-. The highest BCUT2D eigenvalue weighted by Gasteiger charge is 2.25. The van der Waals surface area contributed by atoms with Crippen LogP contribution in [0.3, 0.4) is 0 Å². The number of likely N-dealkylation sites (N-methyl/N-ethyl adjacent to an activating group) is 1. The number of rotatable bonds is 46. The van der Waals surface area contributed by atoms with Crippen molar-refractivity contribution < 1.29 is 42.9 Å². The van der Waals surface area contributed by atoms with E-state index in [0.29, 0.717) is 23.9 Å². The molecule has 0 radical (unpaired) electrons. The number of carboxylic acid groups (broad SMARTS) is 1. The summed E-state index contributed by atoms with van der Waals surface area (Å²) in [7, 11) is 5.95. The van der Waals surface area contributed by atoms with Crippen molar-refractivity contribution >= 4 is 17.9 Å². The monoisotopic (exact) mass is 911 g/mol. The summed E-state index contributed by atoms with van der Waals surface area (Å²) >= 11 is 0. The van der Waals surface area contributed by atoms with Crippen molar-refractivity contribution in [1.82, 2.24) is 0 Å². The highest BCUT2D eigenvalue weighted by molar-refractivity contribution is 5.71. The Morgan fingerprint density at radius 2 is 0.877 bits per heavy atom. The van der Waals surface area contributed by atoms with Gasteiger partial charge in [-0.2, -0.15) is 0 Å². The fourth-order valence-electron chi connectivity index (χ4n) is 6.70. The predicted octanol–water partition coefficient (Wildman–Crippen LogP) is 14.4. The second kappa shape index (κ2) is 47.0. The molecule has 0 fully saturated rings. The van der Waals surface area contributed by atoms with Gasteiger partial charge in [0, 0.05) is 12.8 Å². The Labute approximate surface area is 398 Å². The molecular formula is C56H96NO8+. The van der Waals surface area contributed by atoms with Gasteiger partial charge in [0.2, 0.25) is 0 Å². The third kappa shape index (κ3) is 48.2. The van der Waals surface area contributed by atoms with Gasteiger partial charge in [-0.3, -0.25) is 9.59 Å². The highest BCUT2D eigenvalue weighted by atomic mass is 16.7. The Morgan fingerprint density at radius 1 is 0.477 bits per heavy atom. The summed E-state index contributed by atoms with van der Waals surface area (Å²) in [4.78, 5) is 37.2. The van der Waals surface area contributed by atoms with E-state index in [9.17, 15) is 19.5 Å². The molecule has 0 saturated heterocycles. The molecule has 0 saturated carbocycles. The molecule has 0 bridgehead atoms. The summed E-state index contributed by atoms with van der Waals surface area (Å²) in [6.45, 7) is 4.72. The molecule has 9 nitrogen and oxygen atoms in total. The Balaban J connectivity index is 4.29. The van der Waals surface area contributed by atoms with Gasteiger partial charge in [0.15, 0.2) is 6.10 Å². The van der Waals surface area contributed by atoms with Crippen LogP contribution in [0.25, 0.3) is 0 Å². The van der Waals surface area contributed by atoms with E-state index in [1.807, 2.05) is 21.1 Å². The van der Waals surface area contributed by atoms with Crippen LogP contribution in [0.2, 0.25) is 0 Å². The predicted molar refractivity (Wildman–Crippen MR) is 272 cm³/mol. The third-order valence-corrected chi connectivity index (χ3v) is 10.7.